The van der Waals surface area contributed by atoms with Gasteiger partial charge in [0.05, 0.1) is 25.1 Å². The van der Waals surface area contributed by atoms with Gasteiger partial charge >= 0.3 is 5.97 Å². The van der Waals surface area contributed by atoms with Gasteiger partial charge in [-0.2, -0.15) is 5.10 Å². The first-order valence-electron chi connectivity index (χ1n) is 9.14. The van der Waals surface area contributed by atoms with Gasteiger partial charge in [0, 0.05) is 16.8 Å². The number of carbonyl (C=O) groups is 1. The van der Waals surface area contributed by atoms with Crippen molar-refractivity contribution < 1.29 is 14.3 Å². The van der Waals surface area contributed by atoms with Crippen molar-refractivity contribution in [3.8, 4) is 17.1 Å². The molecule has 1 aromatic carbocycles. The van der Waals surface area contributed by atoms with Crippen molar-refractivity contribution in [3.05, 3.63) is 46.8 Å². The Morgan fingerprint density at radius 2 is 1.96 bits per heavy atom. The van der Waals surface area contributed by atoms with E-state index < -0.39 is 5.97 Å². The summed E-state index contributed by atoms with van der Waals surface area (Å²) in [5.41, 5.74) is 5.35. The topological polar surface area (TPSA) is 102 Å². The molecule has 3 aromatic rings. The van der Waals surface area contributed by atoms with Crippen molar-refractivity contribution in [2.75, 3.05) is 19.0 Å². The molecule has 0 radical (unpaired) electrons. The van der Waals surface area contributed by atoms with E-state index >= 15 is 0 Å². The third-order valence-corrected chi connectivity index (χ3v) is 4.76. The molecule has 144 valence electrons. The van der Waals surface area contributed by atoms with Crippen LogP contribution in [0.2, 0.25) is 0 Å². The monoisotopic (exact) mass is 379 g/mol. The van der Waals surface area contributed by atoms with E-state index in [0.29, 0.717) is 36.1 Å². The lowest BCUT2D eigenvalue weighted by Crippen LogP contribution is -2.14. The fourth-order valence-electron chi connectivity index (χ4n) is 3.44. The Labute approximate surface area is 162 Å². The molecule has 0 bridgehead atoms. The van der Waals surface area contributed by atoms with Crippen LogP contribution < -0.4 is 10.1 Å². The highest BCUT2D eigenvalue weighted by Gasteiger charge is 2.29. The average molecular weight is 379 g/mol. The second-order valence-corrected chi connectivity index (χ2v) is 6.43. The van der Waals surface area contributed by atoms with E-state index in [1.807, 2.05) is 31.2 Å². The van der Waals surface area contributed by atoms with Crippen LogP contribution >= 0.6 is 0 Å². The van der Waals surface area contributed by atoms with Crippen LogP contribution in [0.1, 0.15) is 34.2 Å². The number of para-hydroxylation sites is 2. The van der Waals surface area contributed by atoms with E-state index in [1.54, 1.807) is 14.0 Å². The third kappa shape index (κ3) is 3.06. The van der Waals surface area contributed by atoms with E-state index in [2.05, 4.69) is 20.5 Å². The number of fused-ring (bicyclic) bond motifs is 3. The predicted molar refractivity (Wildman–Crippen MR) is 104 cm³/mol. The molecule has 1 aliphatic rings. The molecule has 0 aliphatic heterocycles. The van der Waals surface area contributed by atoms with Crippen LogP contribution in [0.4, 0.5) is 11.6 Å². The minimum absolute atomic E-state index is 0.317. The van der Waals surface area contributed by atoms with Gasteiger partial charge in [0.25, 0.3) is 0 Å². The number of nitrogens with zero attached hydrogens (tertiary/aromatic N) is 3. The van der Waals surface area contributed by atoms with Crippen molar-refractivity contribution in [1.82, 2.24) is 20.2 Å². The first-order valence-corrected chi connectivity index (χ1v) is 9.14. The number of ether oxygens (including phenoxy) is 2. The van der Waals surface area contributed by atoms with E-state index in [4.69, 9.17) is 14.5 Å². The summed E-state index contributed by atoms with van der Waals surface area (Å²) in [5.74, 6) is 0.763. The zero-order valence-corrected chi connectivity index (χ0v) is 16.0. The van der Waals surface area contributed by atoms with Gasteiger partial charge in [0.2, 0.25) is 5.95 Å². The van der Waals surface area contributed by atoms with Crippen LogP contribution in [-0.2, 0) is 17.6 Å². The molecule has 2 aromatic heterocycles. The number of nitrogens with one attached hydrogen (secondary N) is 2. The SMILES string of the molecule is CCOC(=O)c1[nH]nc2c1CCc1c(C)nc(Nc3ccccc3OC)nc1-2. The summed E-state index contributed by atoms with van der Waals surface area (Å²) in [7, 11) is 1.62. The second-order valence-electron chi connectivity index (χ2n) is 6.43. The minimum atomic E-state index is -0.391. The molecule has 0 fully saturated rings. The number of aryl methyl sites for hydroxylation is 1. The van der Waals surface area contributed by atoms with Crippen LogP contribution in [0, 0.1) is 6.92 Å². The highest BCUT2D eigenvalue weighted by atomic mass is 16.5. The molecular formula is C20H21N5O3. The average Bonchev–Trinajstić information content (AvgIpc) is 3.13. The fourth-order valence-corrected chi connectivity index (χ4v) is 3.44. The second kappa shape index (κ2) is 7.30. The summed E-state index contributed by atoms with van der Waals surface area (Å²) in [6.45, 7) is 4.05. The van der Waals surface area contributed by atoms with E-state index in [-0.39, 0.29) is 0 Å². The normalized spacial score (nSPS) is 12.1. The van der Waals surface area contributed by atoms with Crippen LogP contribution in [0.25, 0.3) is 11.4 Å². The minimum Gasteiger partial charge on any atom is -0.495 e. The van der Waals surface area contributed by atoms with Crippen molar-refractivity contribution in [2.24, 2.45) is 0 Å². The van der Waals surface area contributed by atoms with Crippen molar-refractivity contribution in [3.63, 3.8) is 0 Å². The Hall–Kier alpha value is -3.42. The lowest BCUT2D eigenvalue weighted by Gasteiger charge is -2.18. The molecule has 1 aliphatic carbocycles. The summed E-state index contributed by atoms with van der Waals surface area (Å²) in [6.07, 6.45) is 1.44. The molecule has 2 N–H and O–H groups in total. The molecule has 28 heavy (non-hydrogen) atoms. The number of anilines is 2. The lowest BCUT2D eigenvalue weighted by molar-refractivity contribution is 0.0518. The Morgan fingerprint density at radius 3 is 2.75 bits per heavy atom. The molecule has 0 unspecified atom stereocenters. The molecule has 0 amide bonds. The predicted octanol–water partition coefficient (Wildman–Crippen LogP) is 3.20. The Kier molecular flexibility index (Phi) is 4.68. The largest absolute Gasteiger partial charge is 0.495 e. The smallest absolute Gasteiger partial charge is 0.356 e. The summed E-state index contributed by atoms with van der Waals surface area (Å²) < 4.78 is 10.5. The van der Waals surface area contributed by atoms with Gasteiger partial charge in [0.1, 0.15) is 17.1 Å². The number of carbonyl (C=O) groups excluding carboxylic acids is 1. The van der Waals surface area contributed by atoms with Gasteiger partial charge < -0.3 is 14.8 Å². The first-order chi connectivity index (χ1) is 13.6. The number of aromatic amines is 1. The van der Waals surface area contributed by atoms with Gasteiger partial charge in [0.15, 0.2) is 0 Å². The molecule has 4 rings (SSSR count). The summed E-state index contributed by atoms with van der Waals surface area (Å²) in [6, 6.07) is 7.57. The molecule has 0 atom stereocenters. The summed E-state index contributed by atoms with van der Waals surface area (Å²) in [4.78, 5) is 21.5. The molecule has 0 spiro atoms. The van der Waals surface area contributed by atoms with E-state index in [0.717, 1.165) is 34.6 Å². The van der Waals surface area contributed by atoms with Gasteiger partial charge in [-0.3, -0.25) is 5.10 Å². The van der Waals surface area contributed by atoms with Crippen LogP contribution in [0.3, 0.4) is 0 Å². The lowest BCUT2D eigenvalue weighted by atomic mass is 9.91. The number of H-pyrrole nitrogens is 1. The number of methoxy groups -OCH3 is 1. The maximum Gasteiger partial charge on any atom is 0.356 e. The van der Waals surface area contributed by atoms with Crippen molar-refractivity contribution in [2.45, 2.75) is 26.7 Å². The number of esters is 1. The third-order valence-electron chi connectivity index (χ3n) is 4.76. The van der Waals surface area contributed by atoms with E-state index in [9.17, 15) is 4.79 Å². The molecule has 0 saturated carbocycles. The van der Waals surface area contributed by atoms with Gasteiger partial charge in [-0.15, -0.1) is 0 Å². The van der Waals surface area contributed by atoms with Gasteiger partial charge in [-0.1, -0.05) is 12.1 Å². The summed E-state index contributed by atoms with van der Waals surface area (Å²) >= 11 is 0. The number of benzene rings is 1. The van der Waals surface area contributed by atoms with E-state index in [1.165, 1.54) is 0 Å². The van der Waals surface area contributed by atoms with Gasteiger partial charge in [-0.25, -0.2) is 14.8 Å². The number of hydrogen-bond acceptors (Lipinski definition) is 7. The maximum atomic E-state index is 12.2. The molecule has 8 nitrogen and oxygen atoms in total. The van der Waals surface area contributed by atoms with Crippen LogP contribution in [0.5, 0.6) is 5.75 Å². The highest BCUT2D eigenvalue weighted by Crippen LogP contribution is 2.35. The standard InChI is InChI=1S/C20H21N5O3/c1-4-28-19(26)18-13-10-9-12-11(2)21-20(23-16(12)17(13)24-25-18)22-14-7-5-6-8-15(14)27-3/h5-8H,4,9-10H2,1-3H3,(H,24,25)(H,21,22,23). The Morgan fingerprint density at radius 1 is 1.18 bits per heavy atom. The van der Waals surface area contributed by atoms with Crippen LogP contribution in [-0.4, -0.2) is 39.9 Å². The Balaban J connectivity index is 1.74. The molecule has 2 heterocycles. The molecule has 0 saturated heterocycles. The number of aromatic nitrogens is 4. The summed E-state index contributed by atoms with van der Waals surface area (Å²) in [5, 5.41) is 10.4. The van der Waals surface area contributed by atoms with Gasteiger partial charge in [-0.05, 0) is 38.8 Å². The quantitative estimate of drug-likeness (QED) is 0.656. The maximum absolute atomic E-state index is 12.2. The number of hydrogen-bond donors (Lipinski definition) is 2. The first kappa shape index (κ1) is 18.0. The zero-order valence-electron chi connectivity index (χ0n) is 16.0. The number of rotatable bonds is 5. The molecule has 8 heteroatoms. The van der Waals surface area contributed by atoms with Crippen molar-refractivity contribution >= 4 is 17.6 Å². The zero-order chi connectivity index (χ0) is 19.7. The highest BCUT2D eigenvalue weighted by molar-refractivity contribution is 5.91. The molecular weight excluding hydrogens is 358 g/mol. The van der Waals surface area contributed by atoms with Crippen LogP contribution in [0.15, 0.2) is 24.3 Å². The fraction of sp³-hybridized carbons (Fsp3) is 0.300. The van der Waals surface area contributed by atoms with Crippen molar-refractivity contribution in [1.29, 1.82) is 0 Å². The Bertz CT molecular complexity index is 1040.